The van der Waals surface area contributed by atoms with Crippen molar-refractivity contribution in [1.29, 1.82) is 0 Å². The van der Waals surface area contributed by atoms with E-state index in [0.717, 1.165) is 79.3 Å². The number of piperidine rings is 1. The zero-order chi connectivity index (χ0) is 21.4. The van der Waals surface area contributed by atoms with Gasteiger partial charge in [0.1, 0.15) is 11.3 Å². The van der Waals surface area contributed by atoms with Crippen molar-refractivity contribution < 1.29 is 0 Å². The van der Waals surface area contributed by atoms with E-state index < -0.39 is 0 Å². The number of likely N-dealkylation sites (N-methyl/N-ethyl adjacent to an activating group) is 1. The van der Waals surface area contributed by atoms with Crippen LogP contribution in [0.5, 0.6) is 0 Å². The van der Waals surface area contributed by atoms with Crippen molar-refractivity contribution in [2.75, 3.05) is 44.4 Å². The fourth-order valence-corrected chi connectivity index (χ4v) is 5.79. The van der Waals surface area contributed by atoms with E-state index in [1.54, 1.807) is 0 Å². The molecular weight excluding hydrogens is 427 g/mol. The maximum atomic E-state index is 6.53. The maximum absolute atomic E-state index is 6.53. The van der Waals surface area contributed by atoms with Gasteiger partial charge in [-0.2, -0.15) is 0 Å². The summed E-state index contributed by atoms with van der Waals surface area (Å²) in [5.74, 6) is 1.05. The fraction of sp³-hybridized carbons (Fsp3) is 0.478. The van der Waals surface area contributed by atoms with E-state index in [1.807, 2.05) is 18.3 Å². The van der Waals surface area contributed by atoms with Crippen molar-refractivity contribution in [3.8, 4) is 0 Å². The van der Waals surface area contributed by atoms with Crippen LogP contribution in [0, 0.1) is 0 Å². The second-order valence-electron chi connectivity index (χ2n) is 8.62. The van der Waals surface area contributed by atoms with E-state index >= 15 is 0 Å². The Balaban J connectivity index is 1.48. The highest BCUT2D eigenvalue weighted by Gasteiger charge is 2.35. The lowest BCUT2D eigenvalue weighted by molar-refractivity contribution is 0.0990. The second kappa shape index (κ2) is 9.03. The van der Waals surface area contributed by atoms with E-state index in [4.69, 9.17) is 16.6 Å². The van der Waals surface area contributed by atoms with Crippen molar-refractivity contribution in [1.82, 2.24) is 24.8 Å². The Labute approximate surface area is 191 Å². The number of nitrogens with one attached hydrogen (secondary N) is 1. The van der Waals surface area contributed by atoms with Crippen molar-refractivity contribution in [2.45, 2.75) is 31.3 Å². The van der Waals surface area contributed by atoms with Crippen LogP contribution in [0.3, 0.4) is 0 Å². The number of para-hydroxylation sites is 1. The first kappa shape index (κ1) is 21.1. The number of anilines is 1. The van der Waals surface area contributed by atoms with Crippen molar-refractivity contribution in [2.24, 2.45) is 0 Å². The average Bonchev–Trinajstić information content (AvgIpc) is 3.24. The zero-order valence-electron chi connectivity index (χ0n) is 18.0. The lowest BCUT2D eigenvalue weighted by atomic mass is 9.93. The van der Waals surface area contributed by atoms with Crippen molar-refractivity contribution in [3.63, 3.8) is 0 Å². The number of H-pyrrole nitrogens is 1. The summed E-state index contributed by atoms with van der Waals surface area (Å²) in [4.78, 5) is 20.8. The van der Waals surface area contributed by atoms with Crippen LogP contribution < -0.4 is 4.90 Å². The molecule has 3 aromatic rings. The molecule has 2 aliphatic heterocycles. The Kier molecular flexibility index (Phi) is 6.16. The van der Waals surface area contributed by atoms with Crippen LogP contribution in [0.4, 0.5) is 5.69 Å². The summed E-state index contributed by atoms with van der Waals surface area (Å²) in [6, 6.07) is 10.8. The van der Waals surface area contributed by atoms with E-state index in [1.165, 1.54) is 5.69 Å². The molecule has 8 heteroatoms. The Hall–Kier alpha value is -1.72. The number of likely N-dealkylation sites (tertiary alicyclic amines) is 1. The molecule has 0 bridgehead atoms. The first-order valence-electron chi connectivity index (χ1n) is 11.1. The third-order valence-corrected chi connectivity index (χ3v) is 7.48. The average molecular weight is 457 g/mol. The fourth-order valence-electron chi connectivity index (χ4n) is 5.03. The molecule has 3 atom stereocenters. The number of rotatable bonds is 4. The Morgan fingerprint density at radius 2 is 1.90 bits per heavy atom. The van der Waals surface area contributed by atoms with E-state index in [-0.39, 0.29) is 12.1 Å². The molecule has 1 unspecified atom stereocenters. The number of pyridine rings is 1. The number of aromatic nitrogens is 3. The highest BCUT2D eigenvalue weighted by Crippen LogP contribution is 2.43. The number of hydrogen-bond acceptors (Lipinski definition) is 5. The van der Waals surface area contributed by atoms with Crippen LogP contribution in [0.15, 0.2) is 36.5 Å². The van der Waals surface area contributed by atoms with Crippen molar-refractivity contribution in [3.05, 3.63) is 53.1 Å². The molecule has 2 saturated heterocycles. The second-order valence-corrected chi connectivity index (χ2v) is 9.39. The molecule has 5 rings (SSSR count). The van der Waals surface area contributed by atoms with Crippen molar-refractivity contribution >= 4 is 37.6 Å². The van der Waals surface area contributed by atoms with Crippen LogP contribution in [-0.4, -0.2) is 64.3 Å². The van der Waals surface area contributed by atoms with Crippen LogP contribution in [0.1, 0.15) is 42.9 Å². The van der Waals surface area contributed by atoms with Crippen LogP contribution >= 0.6 is 20.8 Å². The summed E-state index contributed by atoms with van der Waals surface area (Å²) >= 11 is 6.53. The summed E-state index contributed by atoms with van der Waals surface area (Å²) in [6.07, 6.45) is 5.97. The predicted octanol–water partition coefficient (Wildman–Crippen LogP) is 4.46. The Bertz CT molecular complexity index is 1050. The zero-order valence-corrected chi connectivity index (χ0v) is 19.9. The highest BCUT2D eigenvalue weighted by atomic mass is 35.5. The summed E-state index contributed by atoms with van der Waals surface area (Å²) in [5, 5.41) is 0.749. The molecule has 2 fully saturated rings. The van der Waals surface area contributed by atoms with Gasteiger partial charge in [0.25, 0.3) is 0 Å². The minimum absolute atomic E-state index is 0.204. The quantitative estimate of drug-likeness (QED) is 0.587. The molecule has 0 aliphatic carbocycles. The minimum Gasteiger partial charge on any atom is -0.367 e. The summed E-state index contributed by atoms with van der Waals surface area (Å²) in [7, 11) is 5.09. The number of piperazine rings is 1. The molecule has 1 N–H and O–H groups in total. The van der Waals surface area contributed by atoms with Gasteiger partial charge in [0.05, 0.1) is 34.0 Å². The Morgan fingerprint density at radius 3 is 2.68 bits per heavy atom. The number of nitrogens with zero attached hydrogens (tertiary/aromatic N) is 5. The molecule has 0 saturated carbocycles. The first-order chi connectivity index (χ1) is 15.2. The molecule has 1 aromatic carbocycles. The number of imidazole rings is 1. The largest absolute Gasteiger partial charge is 0.367 e. The van der Waals surface area contributed by atoms with Gasteiger partial charge in [-0.1, -0.05) is 17.7 Å². The predicted molar refractivity (Wildman–Crippen MR) is 131 cm³/mol. The van der Waals surface area contributed by atoms with Gasteiger partial charge in [0, 0.05) is 38.7 Å². The Morgan fingerprint density at radius 1 is 1.10 bits per heavy atom. The third kappa shape index (κ3) is 4.07. The van der Waals surface area contributed by atoms with Gasteiger partial charge in [0.2, 0.25) is 0 Å². The topological polar surface area (TPSA) is 51.3 Å². The van der Waals surface area contributed by atoms with Gasteiger partial charge in [0.15, 0.2) is 0 Å². The minimum atomic E-state index is 0.204. The molecule has 31 heavy (non-hydrogen) atoms. The summed E-state index contributed by atoms with van der Waals surface area (Å²) in [6.45, 7) is 4.26. The monoisotopic (exact) mass is 456 g/mol. The molecule has 6 nitrogen and oxygen atoms in total. The van der Waals surface area contributed by atoms with E-state index in [9.17, 15) is 0 Å². The summed E-state index contributed by atoms with van der Waals surface area (Å²) < 4.78 is 0. The highest BCUT2D eigenvalue weighted by molar-refractivity contribution is 7.16. The van der Waals surface area contributed by atoms with Gasteiger partial charge in [-0.25, -0.2) is 4.98 Å². The molecular formula is C23H30ClN6P. The van der Waals surface area contributed by atoms with E-state index in [2.05, 4.69) is 59.2 Å². The number of hydrogen-bond donors (Lipinski definition) is 1. The normalized spacial score (nSPS) is 23.5. The van der Waals surface area contributed by atoms with Crippen LogP contribution in [0.2, 0.25) is 5.02 Å². The molecule has 164 valence electrons. The number of fused-ring (bicyclic) bond motifs is 1. The number of benzene rings is 1. The lowest BCUT2D eigenvalue weighted by Gasteiger charge is -2.40. The lowest BCUT2D eigenvalue weighted by Crippen LogP contribution is -2.44. The smallest absolute Gasteiger partial charge is 0.124 e. The van der Waals surface area contributed by atoms with Gasteiger partial charge in [-0.3, -0.25) is 9.88 Å². The summed E-state index contributed by atoms with van der Waals surface area (Å²) in [5.41, 5.74) is 4.42. The number of halogens is 1. The van der Waals surface area contributed by atoms with E-state index in [0.29, 0.717) is 0 Å². The third-order valence-electron chi connectivity index (χ3n) is 6.74. The van der Waals surface area contributed by atoms with Gasteiger partial charge >= 0.3 is 0 Å². The molecule has 0 spiro atoms. The first-order valence-corrected chi connectivity index (χ1v) is 12.3. The molecule has 4 heterocycles. The molecule has 0 amide bonds. The van der Waals surface area contributed by atoms with Gasteiger partial charge < -0.3 is 14.8 Å². The molecule has 2 aromatic heterocycles. The SMILES string of the molecule is CN1CCN(c2cccc3[nH]c([C@H]4CCC[C@@H](c5ncccc5Cl)N4CP)nc23)CC1. The van der Waals surface area contributed by atoms with Gasteiger partial charge in [-0.15, -0.1) is 9.24 Å². The van der Waals surface area contributed by atoms with Crippen LogP contribution in [-0.2, 0) is 0 Å². The van der Waals surface area contributed by atoms with Gasteiger partial charge in [-0.05, 0) is 50.6 Å². The standard InChI is InChI=1S/C23H30ClN6P/c1-28-11-13-29(14-12-28)18-7-2-6-17-22(18)27-23(26-17)20-9-3-8-19(30(20)15-31)21-16(24)5-4-10-25-21/h2,4-7,10,19-20H,3,8-9,11-15,31H2,1H3,(H,26,27)/t19-,20+/m0/s1. The van der Waals surface area contributed by atoms with Crippen LogP contribution in [0.25, 0.3) is 11.0 Å². The molecule has 2 aliphatic rings. The molecule has 0 radical (unpaired) electrons. The maximum Gasteiger partial charge on any atom is 0.124 e. The number of aromatic amines is 1.